The van der Waals surface area contributed by atoms with E-state index in [0.29, 0.717) is 18.0 Å². The zero-order valence-corrected chi connectivity index (χ0v) is 17.4. The fourth-order valence-electron chi connectivity index (χ4n) is 2.70. The Morgan fingerprint density at radius 3 is 2.66 bits per heavy atom. The first-order valence-electron chi connectivity index (χ1n) is 9.23. The van der Waals surface area contributed by atoms with Crippen LogP contribution in [0.4, 0.5) is 5.69 Å². The normalized spacial score (nSPS) is 11.6. The van der Waals surface area contributed by atoms with Crippen LogP contribution in [0.15, 0.2) is 53.9 Å². The Hall–Kier alpha value is -3.19. The third-order valence-electron chi connectivity index (χ3n) is 4.22. The van der Waals surface area contributed by atoms with E-state index in [4.69, 9.17) is 4.74 Å². The number of ether oxygens (including phenoxy) is 1. The standard InChI is InChI=1S/C22H23N3O3S/c1-14-7-9-19(10-8-14)28-12-21-25-20(13-29-21)22(27)23-15(2)17-5-4-6-18(11-17)24-16(3)26/h4-11,13,15H,12H2,1-3H3,(H,23,27)(H,24,26). The van der Waals surface area contributed by atoms with Crippen molar-refractivity contribution in [2.45, 2.75) is 33.4 Å². The summed E-state index contributed by atoms with van der Waals surface area (Å²) < 4.78 is 5.72. The van der Waals surface area contributed by atoms with Crippen LogP contribution in [0.25, 0.3) is 0 Å². The fourth-order valence-corrected chi connectivity index (χ4v) is 3.39. The number of amides is 2. The van der Waals surface area contributed by atoms with Crippen LogP contribution in [-0.2, 0) is 11.4 Å². The molecule has 2 aromatic carbocycles. The highest BCUT2D eigenvalue weighted by Gasteiger charge is 2.15. The number of benzene rings is 2. The summed E-state index contributed by atoms with van der Waals surface area (Å²) in [4.78, 5) is 28.1. The quantitative estimate of drug-likeness (QED) is 0.603. The van der Waals surface area contributed by atoms with Crippen LogP contribution in [0, 0.1) is 6.92 Å². The topological polar surface area (TPSA) is 80.3 Å². The van der Waals surface area contributed by atoms with Crippen molar-refractivity contribution < 1.29 is 14.3 Å². The molecule has 2 amide bonds. The van der Waals surface area contributed by atoms with Crippen molar-refractivity contribution in [2.24, 2.45) is 0 Å². The number of carbonyl (C=O) groups excluding carboxylic acids is 2. The zero-order valence-electron chi connectivity index (χ0n) is 16.6. The van der Waals surface area contributed by atoms with Crippen LogP contribution in [0.2, 0.25) is 0 Å². The summed E-state index contributed by atoms with van der Waals surface area (Å²) in [5.74, 6) is 0.381. The molecule has 0 saturated carbocycles. The van der Waals surface area contributed by atoms with E-state index >= 15 is 0 Å². The summed E-state index contributed by atoms with van der Waals surface area (Å²) in [6, 6.07) is 14.9. The lowest BCUT2D eigenvalue weighted by atomic mass is 10.1. The molecule has 150 valence electrons. The first kappa shape index (κ1) is 20.5. The number of hydrogen-bond acceptors (Lipinski definition) is 5. The van der Waals surface area contributed by atoms with Crippen LogP contribution >= 0.6 is 11.3 Å². The smallest absolute Gasteiger partial charge is 0.271 e. The number of aryl methyl sites for hydroxylation is 1. The molecular formula is C22H23N3O3S. The number of nitrogens with one attached hydrogen (secondary N) is 2. The van der Waals surface area contributed by atoms with Gasteiger partial charge in [-0.3, -0.25) is 9.59 Å². The van der Waals surface area contributed by atoms with Crippen molar-refractivity contribution in [3.63, 3.8) is 0 Å². The summed E-state index contributed by atoms with van der Waals surface area (Å²) in [6.45, 7) is 5.68. The number of nitrogens with zero attached hydrogens (tertiary/aromatic N) is 1. The predicted octanol–water partition coefficient (Wildman–Crippen LogP) is 4.48. The van der Waals surface area contributed by atoms with Gasteiger partial charge < -0.3 is 15.4 Å². The van der Waals surface area contributed by atoms with Gasteiger partial charge in [0, 0.05) is 18.0 Å². The summed E-state index contributed by atoms with van der Waals surface area (Å²) in [5, 5.41) is 8.14. The lowest BCUT2D eigenvalue weighted by molar-refractivity contribution is -0.114. The largest absolute Gasteiger partial charge is 0.486 e. The Morgan fingerprint density at radius 1 is 1.17 bits per heavy atom. The van der Waals surface area contributed by atoms with Gasteiger partial charge in [-0.1, -0.05) is 29.8 Å². The molecule has 1 heterocycles. The number of rotatable bonds is 7. The van der Waals surface area contributed by atoms with Crippen LogP contribution in [0.5, 0.6) is 5.75 Å². The molecule has 1 aromatic heterocycles. The van der Waals surface area contributed by atoms with E-state index in [1.54, 1.807) is 11.4 Å². The Bertz CT molecular complexity index is 999. The van der Waals surface area contributed by atoms with Crippen molar-refractivity contribution >= 4 is 28.8 Å². The lowest BCUT2D eigenvalue weighted by Gasteiger charge is -2.14. The molecule has 7 heteroatoms. The predicted molar refractivity (Wildman–Crippen MR) is 114 cm³/mol. The molecule has 0 aliphatic carbocycles. The van der Waals surface area contributed by atoms with Gasteiger partial charge in [0.1, 0.15) is 23.1 Å². The first-order chi connectivity index (χ1) is 13.9. The third kappa shape index (κ3) is 5.89. The second kappa shape index (κ2) is 9.34. The molecule has 0 fully saturated rings. The molecule has 6 nitrogen and oxygen atoms in total. The van der Waals surface area contributed by atoms with Crippen molar-refractivity contribution in [2.75, 3.05) is 5.32 Å². The van der Waals surface area contributed by atoms with E-state index in [1.807, 2.05) is 56.3 Å². The molecule has 1 unspecified atom stereocenters. The van der Waals surface area contributed by atoms with Crippen molar-refractivity contribution in [1.29, 1.82) is 0 Å². The van der Waals surface area contributed by atoms with E-state index in [1.165, 1.54) is 23.8 Å². The molecule has 0 aliphatic heterocycles. The minimum Gasteiger partial charge on any atom is -0.486 e. The maximum absolute atomic E-state index is 12.5. The number of hydrogen-bond donors (Lipinski definition) is 2. The fraction of sp³-hybridized carbons (Fsp3) is 0.227. The van der Waals surface area contributed by atoms with Gasteiger partial charge in [-0.05, 0) is 43.7 Å². The van der Waals surface area contributed by atoms with Crippen molar-refractivity contribution in [3.8, 4) is 5.75 Å². The lowest BCUT2D eigenvalue weighted by Crippen LogP contribution is -2.27. The van der Waals surface area contributed by atoms with E-state index in [9.17, 15) is 9.59 Å². The van der Waals surface area contributed by atoms with Gasteiger partial charge in [-0.25, -0.2) is 4.98 Å². The highest BCUT2D eigenvalue weighted by Crippen LogP contribution is 2.19. The first-order valence-corrected chi connectivity index (χ1v) is 10.1. The van der Waals surface area contributed by atoms with Crippen LogP contribution in [0.1, 0.15) is 46.5 Å². The van der Waals surface area contributed by atoms with Gasteiger partial charge in [0.2, 0.25) is 5.91 Å². The third-order valence-corrected chi connectivity index (χ3v) is 5.04. The average molecular weight is 410 g/mol. The number of thiazole rings is 1. The second-order valence-electron chi connectivity index (χ2n) is 6.73. The molecule has 0 radical (unpaired) electrons. The number of carbonyl (C=O) groups is 2. The summed E-state index contributed by atoms with van der Waals surface area (Å²) >= 11 is 1.39. The van der Waals surface area contributed by atoms with E-state index in [2.05, 4.69) is 15.6 Å². The summed E-state index contributed by atoms with van der Waals surface area (Å²) in [7, 11) is 0. The average Bonchev–Trinajstić information content (AvgIpc) is 3.16. The number of anilines is 1. The molecule has 3 aromatic rings. The van der Waals surface area contributed by atoms with E-state index in [0.717, 1.165) is 16.3 Å². The Balaban J connectivity index is 1.58. The second-order valence-corrected chi connectivity index (χ2v) is 7.67. The number of aromatic nitrogens is 1. The minimum absolute atomic E-state index is 0.137. The van der Waals surface area contributed by atoms with Gasteiger partial charge in [0.25, 0.3) is 5.91 Å². The Kier molecular flexibility index (Phi) is 6.61. The van der Waals surface area contributed by atoms with Crippen LogP contribution < -0.4 is 15.4 Å². The molecule has 0 spiro atoms. The molecule has 29 heavy (non-hydrogen) atoms. The van der Waals surface area contributed by atoms with Gasteiger partial charge in [0.15, 0.2) is 0 Å². The molecule has 0 bridgehead atoms. The molecule has 0 aliphatic rings. The van der Waals surface area contributed by atoms with E-state index < -0.39 is 0 Å². The van der Waals surface area contributed by atoms with Gasteiger partial charge >= 0.3 is 0 Å². The Labute approximate surface area is 173 Å². The molecular weight excluding hydrogens is 386 g/mol. The molecule has 3 rings (SSSR count). The highest BCUT2D eigenvalue weighted by molar-refractivity contribution is 7.09. The molecule has 2 N–H and O–H groups in total. The summed E-state index contributed by atoms with van der Waals surface area (Å²) in [6.07, 6.45) is 0. The maximum atomic E-state index is 12.5. The van der Waals surface area contributed by atoms with Crippen molar-refractivity contribution in [3.05, 3.63) is 75.7 Å². The van der Waals surface area contributed by atoms with Crippen LogP contribution in [0.3, 0.4) is 0 Å². The van der Waals surface area contributed by atoms with Crippen molar-refractivity contribution in [1.82, 2.24) is 10.3 Å². The summed E-state index contributed by atoms with van der Waals surface area (Å²) in [5.41, 5.74) is 3.12. The highest BCUT2D eigenvalue weighted by atomic mass is 32.1. The minimum atomic E-state index is -0.250. The maximum Gasteiger partial charge on any atom is 0.271 e. The Morgan fingerprint density at radius 2 is 1.93 bits per heavy atom. The SMILES string of the molecule is CC(=O)Nc1cccc(C(C)NC(=O)c2csc(COc3ccc(C)cc3)n2)c1. The van der Waals surface area contributed by atoms with Gasteiger partial charge in [-0.15, -0.1) is 11.3 Å². The van der Waals surface area contributed by atoms with Gasteiger partial charge in [-0.2, -0.15) is 0 Å². The molecule has 0 saturated heterocycles. The van der Waals surface area contributed by atoms with E-state index in [-0.39, 0.29) is 17.9 Å². The van der Waals surface area contributed by atoms with Gasteiger partial charge in [0.05, 0.1) is 6.04 Å². The molecule has 1 atom stereocenters. The zero-order chi connectivity index (χ0) is 20.8. The van der Waals surface area contributed by atoms with Crippen LogP contribution in [-0.4, -0.2) is 16.8 Å². The monoisotopic (exact) mass is 409 g/mol.